The predicted molar refractivity (Wildman–Crippen MR) is 79.3 cm³/mol. The van der Waals surface area contributed by atoms with Crippen LogP contribution in [0.15, 0.2) is 46.9 Å². The van der Waals surface area contributed by atoms with Crippen LogP contribution in [0, 0.1) is 0 Å². The lowest BCUT2D eigenvalue weighted by Crippen LogP contribution is -2.12. The second kappa shape index (κ2) is 6.59. The lowest BCUT2D eigenvalue weighted by molar-refractivity contribution is 0.369. The zero-order valence-electron chi connectivity index (χ0n) is 10.7. The number of nitrogens with one attached hydrogen (secondary N) is 1. The molecule has 2 rings (SSSR count). The molecule has 0 fully saturated rings. The van der Waals surface area contributed by atoms with Crippen LogP contribution in [0.25, 0.3) is 0 Å². The second-order valence-electron chi connectivity index (χ2n) is 4.20. The highest BCUT2D eigenvalue weighted by molar-refractivity contribution is 9.10. The van der Waals surface area contributed by atoms with Gasteiger partial charge in [-0.15, -0.1) is 0 Å². The SMILES string of the molecule is COc1cccc(CNCc2ccc(Br)cc2)c1O. The highest BCUT2D eigenvalue weighted by atomic mass is 79.9. The van der Waals surface area contributed by atoms with Gasteiger partial charge in [0.1, 0.15) is 0 Å². The molecule has 0 bridgehead atoms. The lowest BCUT2D eigenvalue weighted by atomic mass is 10.1. The first kappa shape index (κ1) is 13.9. The molecular formula is C15H16BrNO2. The van der Waals surface area contributed by atoms with Crippen LogP contribution in [-0.4, -0.2) is 12.2 Å². The zero-order chi connectivity index (χ0) is 13.7. The third-order valence-corrected chi connectivity index (χ3v) is 3.39. The number of halogens is 1. The minimum absolute atomic E-state index is 0.202. The number of hydrogen-bond donors (Lipinski definition) is 2. The van der Waals surface area contributed by atoms with Crippen molar-refractivity contribution in [2.45, 2.75) is 13.1 Å². The van der Waals surface area contributed by atoms with Gasteiger partial charge in [-0.2, -0.15) is 0 Å². The topological polar surface area (TPSA) is 41.5 Å². The maximum Gasteiger partial charge on any atom is 0.162 e. The Kier molecular flexibility index (Phi) is 4.82. The molecule has 0 atom stereocenters. The maximum atomic E-state index is 9.95. The third kappa shape index (κ3) is 3.72. The lowest BCUT2D eigenvalue weighted by Gasteiger charge is -2.10. The van der Waals surface area contributed by atoms with Gasteiger partial charge < -0.3 is 15.2 Å². The molecule has 2 N–H and O–H groups in total. The summed E-state index contributed by atoms with van der Waals surface area (Å²) in [6.45, 7) is 1.35. The summed E-state index contributed by atoms with van der Waals surface area (Å²) in [5.41, 5.74) is 2.03. The highest BCUT2D eigenvalue weighted by Crippen LogP contribution is 2.29. The molecule has 3 nitrogen and oxygen atoms in total. The zero-order valence-corrected chi connectivity index (χ0v) is 12.3. The molecule has 0 unspecified atom stereocenters. The van der Waals surface area contributed by atoms with E-state index in [2.05, 4.69) is 33.4 Å². The van der Waals surface area contributed by atoms with Gasteiger partial charge in [0.05, 0.1) is 7.11 Å². The molecule has 0 aliphatic carbocycles. The normalized spacial score (nSPS) is 10.4. The van der Waals surface area contributed by atoms with E-state index in [4.69, 9.17) is 4.74 Å². The number of para-hydroxylation sites is 1. The summed E-state index contributed by atoms with van der Waals surface area (Å²) < 4.78 is 6.15. The number of phenols is 1. The van der Waals surface area contributed by atoms with Crippen LogP contribution in [0.4, 0.5) is 0 Å². The Hall–Kier alpha value is -1.52. The van der Waals surface area contributed by atoms with Crippen molar-refractivity contribution >= 4 is 15.9 Å². The van der Waals surface area contributed by atoms with E-state index in [1.165, 1.54) is 5.56 Å². The predicted octanol–water partition coefficient (Wildman–Crippen LogP) is 3.45. The van der Waals surface area contributed by atoms with E-state index in [-0.39, 0.29) is 5.75 Å². The Morgan fingerprint density at radius 2 is 1.84 bits per heavy atom. The average Bonchev–Trinajstić information content (AvgIpc) is 2.43. The standard InChI is InChI=1S/C15H16BrNO2/c1-19-14-4-2-3-12(15(14)18)10-17-9-11-5-7-13(16)8-6-11/h2-8,17-18H,9-10H2,1H3. The van der Waals surface area contributed by atoms with Crippen molar-refractivity contribution in [1.82, 2.24) is 5.32 Å². The number of methoxy groups -OCH3 is 1. The summed E-state index contributed by atoms with van der Waals surface area (Å²) in [5, 5.41) is 13.2. The summed E-state index contributed by atoms with van der Waals surface area (Å²) in [4.78, 5) is 0. The minimum Gasteiger partial charge on any atom is -0.504 e. The molecule has 0 aliphatic heterocycles. The van der Waals surface area contributed by atoms with Gasteiger partial charge in [0.2, 0.25) is 0 Å². The fraction of sp³-hybridized carbons (Fsp3) is 0.200. The summed E-state index contributed by atoms with van der Waals surface area (Å²) >= 11 is 3.41. The van der Waals surface area contributed by atoms with Crippen molar-refractivity contribution in [3.05, 3.63) is 58.1 Å². The van der Waals surface area contributed by atoms with Crippen molar-refractivity contribution in [3.63, 3.8) is 0 Å². The molecule has 2 aromatic carbocycles. The number of rotatable bonds is 5. The first-order chi connectivity index (χ1) is 9.20. The molecule has 0 aliphatic rings. The molecule has 0 amide bonds. The smallest absolute Gasteiger partial charge is 0.162 e. The van der Waals surface area contributed by atoms with Gasteiger partial charge in [-0.25, -0.2) is 0 Å². The quantitative estimate of drug-likeness (QED) is 0.886. The summed E-state index contributed by atoms with van der Waals surface area (Å²) in [5.74, 6) is 0.705. The van der Waals surface area contributed by atoms with Crippen molar-refractivity contribution in [2.24, 2.45) is 0 Å². The molecular weight excluding hydrogens is 306 g/mol. The van der Waals surface area contributed by atoms with Gasteiger partial charge in [0, 0.05) is 23.1 Å². The molecule has 0 spiro atoms. The van der Waals surface area contributed by atoms with Crippen LogP contribution in [0.5, 0.6) is 11.5 Å². The van der Waals surface area contributed by atoms with Crippen LogP contribution in [0.1, 0.15) is 11.1 Å². The van der Waals surface area contributed by atoms with Gasteiger partial charge >= 0.3 is 0 Å². The van der Waals surface area contributed by atoms with E-state index in [0.717, 1.165) is 16.6 Å². The van der Waals surface area contributed by atoms with E-state index < -0.39 is 0 Å². The average molecular weight is 322 g/mol. The monoisotopic (exact) mass is 321 g/mol. The minimum atomic E-state index is 0.202. The number of phenolic OH excluding ortho intramolecular Hbond substituents is 1. The van der Waals surface area contributed by atoms with Gasteiger partial charge in [-0.05, 0) is 23.8 Å². The van der Waals surface area contributed by atoms with Crippen LogP contribution < -0.4 is 10.1 Å². The van der Waals surface area contributed by atoms with Crippen LogP contribution in [-0.2, 0) is 13.1 Å². The van der Waals surface area contributed by atoms with E-state index in [1.807, 2.05) is 24.3 Å². The fourth-order valence-electron chi connectivity index (χ4n) is 1.82. The molecule has 100 valence electrons. The summed E-state index contributed by atoms with van der Waals surface area (Å²) in [6.07, 6.45) is 0. The summed E-state index contributed by atoms with van der Waals surface area (Å²) in [7, 11) is 1.55. The third-order valence-electron chi connectivity index (χ3n) is 2.86. The Morgan fingerprint density at radius 1 is 1.11 bits per heavy atom. The fourth-order valence-corrected chi connectivity index (χ4v) is 2.08. The molecule has 2 aromatic rings. The summed E-state index contributed by atoms with van der Waals surface area (Å²) in [6, 6.07) is 13.6. The van der Waals surface area contributed by atoms with Gasteiger partial charge in [-0.3, -0.25) is 0 Å². The maximum absolute atomic E-state index is 9.95. The number of hydrogen-bond acceptors (Lipinski definition) is 3. The number of ether oxygens (including phenoxy) is 1. The van der Waals surface area contributed by atoms with E-state index >= 15 is 0 Å². The first-order valence-electron chi connectivity index (χ1n) is 6.00. The molecule has 0 radical (unpaired) electrons. The second-order valence-corrected chi connectivity index (χ2v) is 5.11. The van der Waals surface area contributed by atoms with Gasteiger partial charge in [-0.1, -0.05) is 40.2 Å². The van der Waals surface area contributed by atoms with Crippen LogP contribution in [0.2, 0.25) is 0 Å². The molecule has 0 aromatic heterocycles. The van der Waals surface area contributed by atoms with Crippen molar-refractivity contribution in [3.8, 4) is 11.5 Å². The first-order valence-corrected chi connectivity index (χ1v) is 6.80. The number of benzene rings is 2. The Morgan fingerprint density at radius 3 is 2.53 bits per heavy atom. The van der Waals surface area contributed by atoms with E-state index in [9.17, 15) is 5.11 Å². The van der Waals surface area contributed by atoms with Gasteiger partial charge in [0.15, 0.2) is 11.5 Å². The molecule has 0 saturated carbocycles. The van der Waals surface area contributed by atoms with Crippen LogP contribution in [0.3, 0.4) is 0 Å². The Balaban J connectivity index is 1.94. The van der Waals surface area contributed by atoms with E-state index in [0.29, 0.717) is 12.3 Å². The molecule has 4 heteroatoms. The van der Waals surface area contributed by atoms with E-state index in [1.54, 1.807) is 13.2 Å². The van der Waals surface area contributed by atoms with Crippen molar-refractivity contribution in [1.29, 1.82) is 0 Å². The van der Waals surface area contributed by atoms with Crippen LogP contribution >= 0.6 is 15.9 Å². The highest BCUT2D eigenvalue weighted by Gasteiger charge is 2.06. The van der Waals surface area contributed by atoms with Gasteiger partial charge in [0.25, 0.3) is 0 Å². The Labute approximate surface area is 121 Å². The van der Waals surface area contributed by atoms with Crippen molar-refractivity contribution in [2.75, 3.05) is 7.11 Å². The molecule has 0 saturated heterocycles. The van der Waals surface area contributed by atoms with Crippen molar-refractivity contribution < 1.29 is 9.84 Å². The largest absolute Gasteiger partial charge is 0.504 e. The Bertz CT molecular complexity index is 540. The molecule has 19 heavy (non-hydrogen) atoms. The molecule has 0 heterocycles. The number of aromatic hydroxyl groups is 1.